The number of amides is 3. The fourth-order valence-corrected chi connectivity index (χ4v) is 3.76. The van der Waals surface area contributed by atoms with Gasteiger partial charge in [-0.15, -0.1) is 0 Å². The highest BCUT2D eigenvalue weighted by atomic mass is 16.4. The summed E-state index contributed by atoms with van der Waals surface area (Å²) in [4.78, 5) is 57.4. The van der Waals surface area contributed by atoms with Crippen molar-refractivity contribution < 1.29 is 24.3 Å². The average Bonchev–Trinajstić information content (AvgIpc) is 3.54. The third kappa shape index (κ3) is 8.24. The first-order valence-corrected chi connectivity index (χ1v) is 11.9. The van der Waals surface area contributed by atoms with Gasteiger partial charge in [0.15, 0.2) is 0 Å². The Morgan fingerprint density at radius 1 is 0.971 bits per heavy atom. The lowest BCUT2D eigenvalue weighted by molar-refractivity contribution is -0.142. The van der Waals surface area contributed by atoms with E-state index < -0.39 is 35.9 Å². The summed E-state index contributed by atoms with van der Waals surface area (Å²) in [5.41, 5.74) is 1.46. The molecule has 1 fully saturated rings. The van der Waals surface area contributed by atoms with Gasteiger partial charge in [0.2, 0.25) is 17.7 Å². The van der Waals surface area contributed by atoms with Gasteiger partial charge in [-0.25, -0.2) is 9.78 Å². The zero-order chi connectivity index (χ0) is 25.4. The minimum Gasteiger partial charge on any atom is -0.480 e. The van der Waals surface area contributed by atoms with E-state index in [1.54, 1.807) is 0 Å². The van der Waals surface area contributed by atoms with Crippen molar-refractivity contribution in [3.8, 4) is 0 Å². The highest BCUT2D eigenvalue weighted by Gasteiger charge is 2.34. The van der Waals surface area contributed by atoms with Crippen LogP contribution in [0, 0.1) is 11.8 Å². The highest BCUT2D eigenvalue weighted by Crippen LogP contribution is 2.29. The van der Waals surface area contributed by atoms with Crippen molar-refractivity contribution in [2.24, 2.45) is 11.8 Å². The van der Waals surface area contributed by atoms with Crippen LogP contribution in [0.2, 0.25) is 0 Å². The lowest BCUT2D eigenvalue weighted by atomic mass is 10.0. The van der Waals surface area contributed by atoms with E-state index in [0.717, 1.165) is 18.4 Å². The molecular weight excluding hydrogens is 450 g/mol. The molecule has 5 N–H and O–H groups in total. The molecule has 35 heavy (non-hydrogen) atoms. The molecule has 10 heteroatoms. The van der Waals surface area contributed by atoms with Gasteiger partial charge in [0, 0.05) is 30.7 Å². The first kappa shape index (κ1) is 25.9. The normalized spacial score (nSPS) is 15.6. The summed E-state index contributed by atoms with van der Waals surface area (Å²) < 4.78 is 0. The first-order valence-electron chi connectivity index (χ1n) is 11.9. The summed E-state index contributed by atoms with van der Waals surface area (Å²) in [5.74, 6) is -2.50. The molecule has 1 aliphatic rings. The molecule has 0 aliphatic heterocycles. The van der Waals surface area contributed by atoms with Gasteiger partial charge in [0.05, 0.1) is 6.33 Å². The number of aliphatic carboxylic acids is 1. The maximum Gasteiger partial charge on any atom is 0.326 e. The second kappa shape index (κ2) is 12.1. The molecule has 1 saturated carbocycles. The number of rotatable bonds is 13. The average molecular weight is 484 g/mol. The van der Waals surface area contributed by atoms with Crippen molar-refractivity contribution in [3.63, 3.8) is 0 Å². The number of imidazole rings is 1. The third-order valence-electron chi connectivity index (χ3n) is 5.80. The quantitative estimate of drug-likeness (QED) is 0.288. The lowest BCUT2D eigenvalue weighted by Gasteiger charge is -2.25. The van der Waals surface area contributed by atoms with Crippen LogP contribution in [0.4, 0.5) is 0 Å². The number of carbonyl (C=O) groups is 4. The van der Waals surface area contributed by atoms with Crippen LogP contribution in [0.3, 0.4) is 0 Å². The number of aromatic nitrogens is 2. The van der Waals surface area contributed by atoms with Crippen LogP contribution in [0.1, 0.15) is 44.4 Å². The minimum atomic E-state index is -1.14. The monoisotopic (exact) mass is 483 g/mol. The number of hydrogen-bond acceptors (Lipinski definition) is 5. The lowest BCUT2D eigenvalue weighted by Crippen LogP contribution is -2.57. The van der Waals surface area contributed by atoms with Gasteiger partial charge in [0.1, 0.15) is 18.1 Å². The van der Waals surface area contributed by atoms with Crippen molar-refractivity contribution in [3.05, 3.63) is 54.1 Å². The molecule has 0 radical (unpaired) electrons. The molecule has 0 spiro atoms. The molecule has 0 saturated heterocycles. The Balaban J connectivity index is 1.76. The van der Waals surface area contributed by atoms with Crippen LogP contribution in [0.5, 0.6) is 0 Å². The number of H-pyrrole nitrogens is 1. The minimum absolute atomic E-state index is 0.0462. The number of aromatic amines is 1. The smallest absolute Gasteiger partial charge is 0.326 e. The van der Waals surface area contributed by atoms with Crippen molar-refractivity contribution in [2.45, 2.75) is 64.1 Å². The molecule has 10 nitrogen and oxygen atoms in total. The van der Waals surface area contributed by atoms with E-state index >= 15 is 0 Å². The van der Waals surface area contributed by atoms with Crippen LogP contribution in [0.15, 0.2) is 42.9 Å². The summed E-state index contributed by atoms with van der Waals surface area (Å²) in [6, 6.07) is 6.26. The molecule has 188 valence electrons. The van der Waals surface area contributed by atoms with Crippen LogP contribution >= 0.6 is 0 Å². The summed E-state index contributed by atoms with van der Waals surface area (Å²) in [7, 11) is 0. The van der Waals surface area contributed by atoms with Crippen molar-refractivity contribution >= 4 is 23.7 Å². The highest BCUT2D eigenvalue weighted by molar-refractivity contribution is 5.94. The number of benzene rings is 1. The molecule has 1 heterocycles. The largest absolute Gasteiger partial charge is 0.480 e. The Kier molecular flexibility index (Phi) is 8.99. The van der Waals surface area contributed by atoms with Crippen LogP contribution in [0.25, 0.3) is 0 Å². The Labute approximate surface area is 204 Å². The van der Waals surface area contributed by atoms with Gasteiger partial charge < -0.3 is 26.0 Å². The van der Waals surface area contributed by atoms with Gasteiger partial charge >= 0.3 is 5.97 Å². The second-order valence-corrected chi connectivity index (χ2v) is 9.40. The second-order valence-electron chi connectivity index (χ2n) is 9.40. The third-order valence-corrected chi connectivity index (χ3v) is 5.80. The Morgan fingerprint density at radius 2 is 1.60 bits per heavy atom. The maximum atomic E-state index is 13.3. The number of nitrogens with one attached hydrogen (secondary N) is 4. The van der Waals surface area contributed by atoms with E-state index in [1.165, 1.54) is 12.5 Å². The van der Waals surface area contributed by atoms with E-state index in [-0.39, 0.29) is 37.0 Å². The zero-order valence-corrected chi connectivity index (χ0v) is 20.0. The van der Waals surface area contributed by atoms with Gasteiger partial charge in [0.25, 0.3) is 0 Å². The molecule has 3 atom stereocenters. The van der Waals surface area contributed by atoms with Crippen LogP contribution < -0.4 is 16.0 Å². The molecule has 2 aromatic rings. The molecule has 3 amide bonds. The van der Waals surface area contributed by atoms with Crippen molar-refractivity contribution in [1.29, 1.82) is 0 Å². The summed E-state index contributed by atoms with van der Waals surface area (Å²) in [5, 5.41) is 17.6. The maximum absolute atomic E-state index is 13.3. The van der Waals surface area contributed by atoms with Crippen LogP contribution in [-0.4, -0.2) is 56.9 Å². The van der Waals surface area contributed by atoms with Gasteiger partial charge in [-0.3, -0.25) is 14.4 Å². The molecule has 1 aliphatic carbocycles. The van der Waals surface area contributed by atoms with Gasteiger partial charge in [-0.05, 0) is 30.7 Å². The van der Waals surface area contributed by atoms with E-state index in [4.69, 9.17) is 0 Å². The van der Waals surface area contributed by atoms with E-state index in [9.17, 15) is 24.3 Å². The fraction of sp³-hybridized carbons (Fsp3) is 0.480. The Hall–Kier alpha value is -3.69. The zero-order valence-electron chi connectivity index (χ0n) is 20.0. The SMILES string of the molecule is CC(C)C[C@H](NC(=O)[C@H](Cc1cnc[nH]1)NC(=O)[C@H](Cc1ccccc1)NC(=O)C1CC1)C(=O)O. The predicted molar refractivity (Wildman–Crippen MR) is 128 cm³/mol. The van der Waals surface area contributed by atoms with E-state index in [2.05, 4.69) is 25.9 Å². The summed E-state index contributed by atoms with van der Waals surface area (Å²) in [6.07, 6.45) is 5.17. The molecule has 0 unspecified atom stereocenters. The van der Waals surface area contributed by atoms with E-state index in [0.29, 0.717) is 5.69 Å². The van der Waals surface area contributed by atoms with Crippen molar-refractivity contribution in [1.82, 2.24) is 25.9 Å². The molecule has 0 bridgehead atoms. The molecule has 1 aromatic heterocycles. The van der Waals surface area contributed by atoms with Gasteiger partial charge in [-0.2, -0.15) is 0 Å². The Bertz CT molecular complexity index is 1000. The predicted octanol–water partition coefficient (Wildman–Crippen LogP) is 1.19. The standard InChI is InChI=1S/C25H33N5O5/c1-15(2)10-21(25(34)35)30-24(33)20(12-18-13-26-14-27-18)29-23(32)19(28-22(31)17-8-9-17)11-16-6-4-3-5-7-16/h3-7,13-15,17,19-21H,8-12H2,1-2H3,(H,26,27)(H,28,31)(H,29,32)(H,30,33)(H,34,35)/t19-,20-,21-/m0/s1. The topological polar surface area (TPSA) is 153 Å². The number of carboxylic acids is 1. The molecule has 1 aromatic carbocycles. The first-order chi connectivity index (χ1) is 16.7. The Morgan fingerprint density at radius 3 is 2.14 bits per heavy atom. The molecular formula is C25H33N5O5. The van der Waals surface area contributed by atoms with Crippen molar-refractivity contribution in [2.75, 3.05) is 0 Å². The number of hydrogen-bond donors (Lipinski definition) is 5. The fourth-order valence-electron chi connectivity index (χ4n) is 3.76. The van der Waals surface area contributed by atoms with Crippen LogP contribution in [-0.2, 0) is 32.0 Å². The summed E-state index contributed by atoms with van der Waals surface area (Å²) >= 11 is 0. The number of carbonyl (C=O) groups excluding carboxylic acids is 3. The number of nitrogens with zero attached hydrogens (tertiary/aromatic N) is 1. The molecule has 3 rings (SSSR count). The number of carboxylic acid groups (broad SMARTS) is 1. The van der Waals surface area contributed by atoms with Gasteiger partial charge in [-0.1, -0.05) is 44.2 Å². The summed E-state index contributed by atoms with van der Waals surface area (Å²) in [6.45, 7) is 3.73. The van der Waals surface area contributed by atoms with E-state index in [1.807, 2.05) is 44.2 Å².